The molecule has 0 aromatic heterocycles. The van der Waals surface area contributed by atoms with Crippen LogP contribution < -0.4 is 10.1 Å². The quantitative estimate of drug-likeness (QED) is 0.548. The molecule has 0 radical (unpaired) electrons. The van der Waals surface area contributed by atoms with E-state index in [1.807, 2.05) is 24.3 Å². The van der Waals surface area contributed by atoms with Gasteiger partial charge in [0.1, 0.15) is 12.4 Å². The molecule has 1 aromatic rings. The van der Waals surface area contributed by atoms with Crippen molar-refractivity contribution in [3.63, 3.8) is 0 Å². The highest BCUT2D eigenvalue weighted by Gasteiger charge is 2.01. The number of nitrogens with one attached hydrogen (secondary N) is 1. The van der Waals surface area contributed by atoms with Gasteiger partial charge in [0, 0.05) is 6.54 Å². The number of rotatable bonds is 9. The lowest BCUT2D eigenvalue weighted by Gasteiger charge is -2.12. The predicted octanol–water partition coefficient (Wildman–Crippen LogP) is 0.478. The van der Waals surface area contributed by atoms with Gasteiger partial charge in [-0.05, 0) is 12.1 Å². The standard InChI is InChI=1S/C12H19NO4/c14-6-5-13-11-3-1-2-4-12(11)17-10-9-16-8-7-15/h1-4,13-15H,5-10H2. The number of hydrogen-bond acceptors (Lipinski definition) is 5. The van der Waals surface area contributed by atoms with Crippen LogP contribution in [0.15, 0.2) is 24.3 Å². The van der Waals surface area contributed by atoms with E-state index in [0.29, 0.717) is 26.4 Å². The lowest BCUT2D eigenvalue weighted by atomic mass is 10.3. The zero-order valence-corrected chi connectivity index (χ0v) is 9.76. The minimum absolute atomic E-state index is 0.0225. The van der Waals surface area contributed by atoms with Crippen molar-refractivity contribution in [1.29, 1.82) is 0 Å². The summed E-state index contributed by atoms with van der Waals surface area (Å²) in [5, 5.41) is 20.3. The van der Waals surface area contributed by atoms with Crippen LogP contribution in [0.25, 0.3) is 0 Å². The van der Waals surface area contributed by atoms with Crippen molar-refractivity contribution in [2.45, 2.75) is 0 Å². The van der Waals surface area contributed by atoms with Crippen LogP contribution in [0, 0.1) is 0 Å². The molecule has 96 valence electrons. The Bertz CT molecular complexity index is 306. The van der Waals surface area contributed by atoms with Crippen molar-refractivity contribution in [2.24, 2.45) is 0 Å². The van der Waals surface area contributed by atoms with Crippen molar-refractivity contribution in [2.75, 3.05) is 44.9 Å². The first-order valence-corrected chi connectivity index (χ1v) is 5.63. The highest BCUT2D eigenvalue weighted by Crippen LogP contribution is 2.23. The molecule has 0 aliphatic rings. The van der Waals surface area contributed by atoms with Gasteiger partial charge in [-0.3, -0.25) is 0 Å². The second-order valence-electron chi connectivity index (χ2n) is 3.33. The van der Waals surface area contributed by atoms with Gasteiger partial charge in [0.25, 0.3) is 0 Å². The van der Waals surface area contributed by atoms with E-state index in [-0.39, 0.29) is 13.2 Å². The number of ether oxygens (including phenoxy) is 2. The van der Waals surface area contributed by atoms with E-state index in [1.165, 1.54) is 0 Å². The highest BCUT2D eigenvalue weighted by atomic mass is 16.5. The lowest BCUT2D eigenvalue weighted by molar-refractivity contribution is 0.0706. The summed E-state index contributed by atoms with van der Waals surface area (Å²) in [5.41, 5.74) is 0.851. The fraction of sp³-hybridized carbons (Fsp3) is 0.500. The molecule has 1 rings (SSSR count). The molecule has 17 heavy (non-hydrogen) atoms. The summed E-state index contributed by atoms with van der Waals surface area (Å²) >= 11 is 0. The van der Waals surface area contributed by atoms with E-state index in [4.69, 9.17) is 19.7 Å². The molecule has 0 unspecified atom stereocenters. The highest BCUT2D eigenvalue weighted by molar-refractivity contribution is 5.56. The Morgan fingerprint density at radius 2 is 1.82 bits per heavy atom. The van der Waals surface area contributed by atoms with Crippen LogP contribution in [0.2, 0.25) is 0 Å². The SMILES string of the molecule is OCCNc1ccccc1OCCOCCO. The maximum atomic E-state index is 8.74. The zero-order chi connectivity index (χ0) is 12.3. The predicted molar refractivity (Wildman–Crippen MR) is 65.4 cm³/mol. The third-order valence-corrected chi connectivity index (χ3v) is 2.04. The molecular formula is C12H19NO4. The van der Waals surface area contributed by atoms with Crippen LogP contribution in [0.1, 0.15) is 0 Å². The summed E-state index contributed by atoms with van der Waals surface area (Å²) < 4.78 is 10.6. The largest absolute Gasteiger partial charge is 0.489 e. The molecule has 0 aliphatic carbocycles. The van der Waals surface area contributed by atoms with Gasteiger partial charge in [-0.25, -0.2) is 0 Å². The Kier molecular flexibility index (Phi) is 7.13. The summed E-state index contributed by atoms with van der Waals surface area (Å²) in [7, 11) is 0. The van der Waals surface area contributed by atoms with Gasteiger partial charge in [-0.15, -0.1) is 0 Å². The first-order valence-electron chi connectivity index (χ1n) is 5.63. The molecule has 0 bridgehead atoms. The van der Waals surface area contributed by atoms with Gasteiger partial charge in [-0.1, -0.05) is 12.1 Å². The van der Waals surface area contributed by atoms with E-state index in [9.17, 15) is 0 Å². The molecule has 5 nitrogen and oxygen atoms in total. The van der Waals surface area contributed by atoms with E-state index in [2.05, 4.69) is 5.32 Å². The molecule has 0 spiro atoms. The fourth-order valence-electron chi connectivity index (χ4n) is 1.31. The van der Waals surface area contributed by atoms with Crippen LogP contribution >= 0.6 is 0 Å². The fourth-order valence-corrected chi connectivity index (χ4v) is 1.31. The maximum absolute atomic E-state index is 8.74. The van der Waals surface area contributed by atoms with Crippen LogP contribution in [0.5, 0.6) is 5.75 Å². The molecule has 0 aliphatic heterocycles. The molecule has 0 amide bonds. The van der Waals surface area contributed by atoms with Gasteiger partial charge in [0.05, 0.1) is 32.1 Å². The van der Waals surface area contributed by atoms with E-state index < -0.39 is 0 Å². The van der Waals surface area contributed by atoms with Crippen molar-refractivity contribution in [3.05, 3.63) is 24.3 Å². The maximum Gasteiger partial charge on any atom is 0.142 e. The molecular weight excluding hydrogens is 222 g/mol. The Morgan fingerprint density at radius 3 is 2.59 bits per heavy atom. The molecule has 0 saturated carbocycles. The van der Waals surface area contributed by atoms with E-state index in [0.717, 1.165) is 11.4 Å². The topological polar surface area (TPSA) is 71.0 Å². The molecule has 0 atom stereocenters. The van der Waals surface area contributed by atoms with Crippen LogP contribution in [-0.4, -0.2) is 49.8 Å². The van der Waals surface area contributed by atoms with Crippen LogP contribution in [0.4, 0.5) is 5.69 Å². The Morgan fingerprint density at radius 1 is 1.00 bits per heavy atom. The van der Waals surface area contributed by atoms with Gasteiger partial charge in [0.2, 0.25) is 0 Å². The molecule has 3 N–H and O–H groups in total. The number of aliphatic hydroxyl groups excluding tert-OH is 2. The molecule has 0 saturated heterocycles. The molecule has 5 heteroatoms. The smallest absolute Gasteiger partial charge is 0.142 e. The Balaban J connectivity index is 2.35. The monoisotopic (exact) mass is 241 g/mol. The third kappa shape index (κ3) is 5.53. The first-order chi connectivity index (χ1) is 8.38. The number of benzene rings is 1. The van der Waals surface area contributed by atoms with E-state index >= 15 is 0 Å². The molecule has 1 aromatic carbocycles. The van der Waals surface area contributed by atoms with Crippen molar-refractivity contribution in [3.8, 4) is 5.75 Å². The summed E-state index contributed by atoms with van der Waals surface area (Å²) in [6.45, 7) is 1.78. The minimum atomic E-state index is 0.0225. The van der Waals surface area contributed by atoms with E-state index in [1.54, 1.807) is 0 Å². The van der Waals surface area contributed by atoms with Gasteiger partial charge in [-0.2, -0.15) is 0 Å². The number of anilines is 1. The Hall–Kier alpha value is -1.30. The number of para-hydroxylation sites is 2. The number of aliphatic hydroxyl groups is 2. The summed E-state index contributed by atoms with van der Waals surface area (Å²) in [4.78, 5) is 0. The average molecular weight is 241 g/mol. The second-order valence-corrected chi connectivity index (χ2v) is 3.33. The Labute approximate surface area is 101 Å². The third-order valence-electron chi connectivity index (χ3n) is 2.04. The molecule has 0 heterocycles. The average Bonchev–Trinajstić information content (AvgIpc) is 2.37. The summed E-state index contributed by atoms with van der Waals surface area (Å²) in [5.74, 6) is 0.730. The van der Waals surface area contributed by atoms with Crippen LogP contribution in [-0.2, 0) is 4.74 Å². The normalized spacial score (nSPS) is 10.2. The van der Waals surface area contributed by atoms with Gasteiger partial charge < -0.3 is 25.0 Å². The summed E-state index contributed by atoms with van der Waals surface area (Å²) in [6, 6.07) is 7.52. The minimum Gasteiger partial charge on any atom is -0.489 e. The van der Waals surface area contributed by atoms with Crippen molar-refractivity contribution in [1.82, 2.24) is 0 Å². The van der Waals surface area contributed by atoms with Gasteiger partial charge in [0.15, 0.2) is 0 Å². The second kappa shape index (κ2) is 8.81. The van der Waals surface area contributed by atoms with Gasteiger partial charge >= 0.3 is 0 Å². The zero-order valence-electron chi connectivity index (χ0n) is 9.76. The first kappa shape index (κ1) is 13.8. The summed E-state index contributed by atoms with van der Waals surface area (Å²) in [6.07, 6.45) is 0. The lowest BCUT2D eigenvalue weighted by Crippen LogP contribution is -2.11. The van der Waals surface area contributed by atoms with Crippen molar-refractivity contribution < 1.29 is 19.7 Å². The molecule has 0 fully saturated rings. The van der Waals surface area contributed by atoms with Crippen LogP contribution in [0.3, 0.4) is 0 Å². The van der Waals surface area contributed by atoms with Crippen molar-refractivity contribution >= 4 is 5.69 Å². The number of hydrogen-bond donors (Lipinski definition) is 3.